The number of carbonyl (C=O) groups is 2. The Morgan fingerprint density at radius 2 is 2.14 bits per heavy atom. The lowest BCUT2D eigenvalue weighted by Gasteiger charge is -2.29. The molecule has 1 saturated heterocycles. The van der Waals surface area contributed by atoms with Crippen LogP contribution in [0.25, 0.3) is 0 Å². The van der Waals surface area contributed by atoms with Crippen molar-refractivity contribution in [3.05, 3.63) is 23.8 Å². The summed E-state index contributed by atoms with van der Waals surface area (Å²) in [6, 6.07) is 0. The summed E-state index contributed by atoms with van der Waals surface area (Å²) in [6.45, 7) is 4.81. The molecule has 4 unspecified atom stereocenters. The van der Waals surface area contributed by atoms with Crippen LogP contribution in [0.2, 0.25) is 0 Å². The zero-order chi connectivity index (χ0) is 16.0. The number of ether oxygens (including phenoxy) is 2. The van der Waals surface area contributed by atoms with Gasteiger partial charge in [-0.15, -0.1) is 0 Å². The highest BCUT2D eigenvalue weighted by Crippen LogP contribution is 2.21. The van der Waals surface area contributed by atoms with E-state index in [1.165, 1.54) is 19.1 Å². The average molecular weight is 298 g/mol. The first-order valence-electron chi connectivity index (χ1n) is 6.93. The van der Waals surface area contributed by atoms with Crippen LogP contribution in [0.15, 0.2) is 23.8 Å². The number of hydrogen-bond acceptors (Lipinski definition) is 6. The molecule has 0 aromatic rings. The van der Waals surface area contributed by atoms with E-state index in [4.69, 9.17) is 9.47 Å². The number of rotatable bonds is 5. The molecule has 0 radical (unpaired) electrons. The summed E-state index contributed by atoms with van der Waals surface area (Å²) in [7, 11) is 0. The number of cyclic esters (lactones) is 1. The Kier molecular flexibility index (Phi) is 6.58. The van der Waals surface area contributed by atoms with Crippen molar-refractivity contribution in [1.82, 2.24) is 0 Å². The minimum atomic E-state index is -1.07. The highest BCUT2D eigenvalue weighted by molar-refractivity contribution is 5.87. The van der Waals surface area contributed by atoms with Crippen molar-refractivity contribution in [2.75, 3.05) is 0 Å². The number of hydrogen-bond donors (Lipinski definition) is 2. The van der Waals surface area contributed by atoms with Crippen molar-refractivity contribution in [2.45, 2.75) is 58.0 Å². The topological polar surface area (TPSA) is 93.1 Å². The molecule has 1 aliphatic rings. The van der Waals surface area contributed by atoms with Gasteiger partial charge in [0.2, 0.25) is 0 Å². The Hall–Kier alpha value is -1.66. The van der Waals surface area contributed by atoms with Gasteiger partial charge in [-0.25, -0.2) is 4.79 Å². The van der Waals surface area contributed by atoms with Gasteiger partial charge in [-0.05, 0) is 33.3 Å². The molecule has 1 rings (SSSR count). The zero-order valence-electron chi connectivity index (χ0n) is 12.5. The lowest BCUT2D eigenvalue weighted by Crippen LogP contribution is -2.39. The van der Waals surface area contributed by atoms with Crippen LogP contribution in [-0.4, -0.2) is 46.6 Å². The van der Waals surface area contributed by atoms with Crippen LogP contribution in [-0.2, 0) is 19.1 Å². The van der Waals surface area contributed by atoms with E-state index in [2.05, 4.69) is 0 Å². The first-order chi connectivity index (χ1) is 9.85. The van der Waals surface area contributed by atoms with Crippen LogP contribution in [0.3, 0.4) is 0 Å². The molecular weight excluding hydrogens is 276 g/mol. The summed E-state index contributed by atoms with van der Waals surface area (Å²) in [5.41, 5.74) is 0.471. The van der Waals surface area contributed by atoms with Crippen molar-refractivity contribution in [3.63, 3.8) is 0 Å². The van der Waals surface area contributed by atoms with Gasteiger partial charge in [-0.3, -0.25) is 4.79 Å². The molecule has 118 valence electrons. The summed E-state index contributed by atoms with van der Waals surface area (Å²) in [5, 5.41) is 18.7. The molecule has 6 nitrogen and oxygen atoms in total. The van der Waals surface area contributed by atoms with Crippen molar-refractivity contribution in [2.24, 2.45) is 0 Å². The van der Waals surface area contributed by atoms with Gasteiger partial charge in [0.15, 0.2) is 6.10 Å². The second-order valence-corrected chi connectivity index (χ2v) is 5.02. The van der Waals surface area contributed by atoms with E-state index >= 15 is 0 Å². The molecule has 1 fully saturated rings. The van der Waals surface area contributed by atoms with E-state index in [0.717, 1.165) is 0 Å². The molecule has 2 N–H and O–H groups in total. The molecule has 0 aliphatic carbocycles. The van der Waals surface area contributed by atoms with Crippen molar-refractivity contribution < 1.29 is 29.3 Å². The zero-order valence-corrected chi connectivity index (χ0v) is 12.5. The van der Waals surface area contributed by atoms with Crippen LogP contribution in [0.5, 0.6) is 0 Å². The summed E-state index contributed by atoms with van der Waals surface area (Å²) in [4.78, 5) is 23.1. The second-order valence-electron chi connectivity index (χ2n) is 5.02. The summed E-state index contributed by atoms with van der Waals surface area (Å²) >= 11 is 0. The van der Waals surface area contributed by atoms with Gasteiger partial charge in [0.05, 0.1) is 12.2 Å². The number of allylic oxidation sites excluding steroid dienone is 1. The lowest BCUT2D eigenvalue weighted by atomic mass is 10.0. The van der Waals surface area contributed by atoms with E-state index in [1.807, 2.05) is 0 Å². The fraction of sp³-hybridized carbons (Fsp3) is 0.600. The van der Waals surface area contributed by atoms with Gasteiger partial charge in [0, 0.05) is 12.0 Å². The van der Waals surface area contributed by atoms with Crippen molar-refractivity contribution in [1.29, 1.82) is 0 Å². The molecular formula is C15H22O6. The molecule has 0 spiro atoms. The number of esters is 2. The van der Waals surface area contributed by atoms with E-state index < -0.39 is 30.4 Å². The maximum atomic E-state index is 11.8. The predicted octanol–water partition coefficient (Wildman–Crippen LogP) is 0.868. The standard InChI is InChI=1S/C15H22O6/c1-4-9(2)15(19)21-13-7-8-14(18)20-12(13)6-5-11(17)10(3)16/h4-6,10-13,16-17H,7-8H2,1-3H3. The molecule has 1 heterocycles. The fourth-order valence-corrected chi connectivity index (χ4v) is 1.73. The van der Waals surface area contributed by atoms with Crippen LogP contribution in [0, 0.1) is 0 Å². The molecule has 0 aromatic heterocycles. The van der Waals surface area contributed by atoms with Crippen molar-refractivity contribution >= 4 is 11.9 Å². The Morgan fingerprint density at radius 3 is 2.71 bits per heavy atom. The Balaban J connectivity index is 2.75. The Labute approximate surface area is 124 Å². The van der Waals surface area contributed by atoms with Gasteiger partial charge in [-0.2, -0.15) is 0 Å². The van der Waals surface area contributed by atoms with Gasteiger partial charge in [-0.1, -0.05) is 12.2 Å². The molecule has 0 aromatic carbocycles. The highest BCUT2D eigenvalue weighted by Gasteiger charge is 2.32. The first-order valence-corrected chi connectivity index (χ1v) is 6.93. The van der Waals surface area contributed by atoms with Crippen LogP contribution in [0.4, 0.5) is 0 Å². The molecule has 0 bridgehead atoms. The van der Waals surface area contributed by atoms with Crippen LogP contribution >= 0.6 is 0 Å². The van der Waals surface area contributed by atoms with E-state index in [-0.39, 0.29) is 12.4 Å². The second kappa shape index (κ2) is 7.95. The molecule has 1 aliphatic heterocycles. The summed E-state index contributed by atoms with van der Waals surface area (Å²) < 4.78 is 10.4. The number of carbonyl (C=O) groups excluding carboxylic acids is 2. The van der Waals surface area contributed by atoms with Crippen molar-refractivity contribution in [3.8, 4) is 0 Å². The largest absolute Gasteiger partial charge is 0.455 e. The van der Waals surface area contributed by atoms with Crippen LogP contribution < -0.4 is 0 Å². The van der Waals surface area contributed by atoms with E-state index in [9.17, 15) is 19.8 Å². The normalized spacial score (nSPS) is 26.3. The smallest absolute Gasteiger partial charge is 0.333 e. The maximum Gasteiger partial charge on any atom is 0.333 e. The van der Waals surface area contributed by atoms with Gasteiger partial charge >= 0.3 is 11.9 Å². The Bertz CT molecular complexity index is 437. The van der Waals surface area contributed by atoms with Gasteiger partial charge < -0.3 is 19.7 Å². The number of aliphatic hydroxyl groups is 2. The molecule has 0 saturated carbocycles. The number of aliphatic hydroxyl groups excluding tert-OH is 2. The first kappa shape index (κ1) is 17.4. The molecule has 0 amide bonds. The fourth-order valence-electron chi connectivity index (χ4n) is 1.73. The SMILES string of the molecule is CC=C(C)C(=O)OC1CCC(=O)OC1C=CC(O)C(C)O. The molecule has 4 atom stereocenters. The van der Waals surface area contributed by atoms with Gasteiger partial charge in [0.1, 0.15) is 6.10 Å². The third kappa shape index (κ3) is 5.32. The molecule has 6 heteroatoms. The third-order valence-electron chi connectivity index (χ3n) is 3.27. The summed E-state index contributed by atoms with van der Waals surface area (Å²) in [5.74, 6) is -0.846. The summed E-state index contributed by atoms with van der Waals surface area (Å²) in [6.07, 6.45) is 1.59. The minimum absolute atomic E-state index is 0.177. The van der Waals surface area contributed by atoms with E-state index in [0.29, 0.717) is 12.0 Å². The predicted molar refractivity (Wildman–Crippen MR) is 75.3 cm³/mol. The Morgan fingerprint density at radius 1 is 1.48 bits per heavy atom. The quantitative estimate of drug-likeness (QED) is 0.444. The maximum absolute atomic E-state index is 11.8. The third-order valence-corrected chi connectivity index (χ3v) is 3.27. The highest BCUT2D eigenvalue weighted by atomic mass is 16.6. The van der Waals surface area contributed by atoms with Crippen LogP contribution in [0.1, 0.15) is 33.6 Å². The lowest BCUT2D eigenvalue weighted by molar-refractivity contribution is -0.170. The van der Waals surface area contributed by atoms with Gasteiger partial charge in [0.25, 0.3) is 0 Å². The monoisotopic (exact) mass is 298 g/mol. The van der Waals surface area contributed by atoms with E-state index in [1.54, 1.807) is 19.9 Å². The molecule has 21 heavy (non-hydrogen) atoms. The average Bonchev–Trinajstić information content (AvgIpc) is 2.45. The minimum Gasteiger partial charge on any atom is -0.455 e.